The number of amides is 2. The van der Waals surface area contributed by atoms with Crippen molar-refractivity contribution < 1.29 is 23.5 Å². The van der Waals surface area contributed by atoms with Gasteiger partial charge in [0.2, 0.25) is 5.91 Å². The lowest BCUT2D eigenvalue weighted by Gasteiger charge is -2.40. The Morgan fingerprint density at radius 2 is 2.03 bits per heavy atom. The molecule has 1 aromatic heterocycles. The molecule has 0 spiro atoms. The minimum Gasteiger partial charge on any atom is -0.489 e. The van der Waals surface area contributed by atoms with Gasteiger partial charge in [0.05, 0.1) is 34.0 Å². The number of rotatable bonds is 4. The maximum Gasteiger partial charge on any atom is 0.261 e. The Balaban J connectivity index is 1.71. The number of pyridine rings is 1. The fourth-order valence-corrected chi connectivity index (χ4v) is 6.23. The highest BCUT2D eigenvalue weighted by Gasteiger charge is 2.47. The van der Waals surface area contributed by atoms with E-state index in [1.165, 1.54) is 18.2 Å². The van der Waals surface area contributed by atoms with Crippen LogP contribution in [0.25, 0.3) is 11.3 Å². The molecule has 2 N–H and O–H groups in total. The second kappa shape index (κ2) is 10.1. The van der Waals surface area contributed by atoms with Crippen molar-refractivity contribution in [3.05, 3.63) is 46.2 Å². The Labute approximate surface area is 236 Å². The number of piperazine rings is 1. The van der Waals surface area contributed by atoms with Crippen molar-refractivity contribution in [2.45, 2.75) is 38.0 Å². The highest BCUT2D eigenvalue weighted by atomic mass is 35.5. The molecule has 0 bridgehead atoms. The number of methoxy groups -OCH3 is 1. The predicted octanol–water partition coefficient (Wildman–Crippen LogP) is 4.01. The Bertz CT molecular complexity index is 1370. The van der Waals surface area contributed by atoms with Crippen LogP contribution in [0.2, 0.25) is 10.0 Å². The zero-order valence-electron chi connectivity index (χ0n) is 22.0. The molecule has 3 aliphatic rings. The molecule has 9 nitrogen and oxygen atoms in total. The van der Waals surface area contributed by atoms with Crippen molar-refractivity contribution in [2.75, 3.05) is 50.5 Å². The first-order chi connectivity index (χ1) is 18.5. The smallest absolute Gasteiger partial charge is 0.261 e. The molecule has 2 fully saturated rings. The van der Waals surface area contributed by atoms with Crippen molar-refractivity contribution >= 4 is 46.5 Å². The van der Waals surface area contributed by atoms with Crippen LogP contribution < -0.4 is 15.4 Å². The molecule has 0 aliphatic carbocycles. The third-order valence-electron chi connectivity index (χ3n) is 7.96. The van der Waals surface area contributed by atoms with E-state index < -0.39 is 17.4 Å². The third-order valence-corrected chi connectivity index (χ3v) is 8.64. The molecule has 1 aromatic carbocycles. The number of aromatic nitrogens is 1. The molecule has 2 aromatic rings. The maximum atomic E-state index is 15.2. The molecule has 208 valence electrons. The van der Waals surface area contributed by atoms with Gasteiger partial charge in [-0.1, -0.05) is 29.8 Å². The van der Waals surface area contributed by atoms with Gasteiger partial charge in [0.15, 0.2) is 5.75 Å². The van der Waals surface area contributed by atoms with E-state index in [9.17, 15) is 9.59 Å². The van der Waals surface area contributed by atoms with Crippen LogP contribution in [0.5, 0.6) is 5.75 Å². The Kier molecular flexibility index (Phi) is 7.15. The van der Waals surface area contributed by atoms with Gasteiger partial charge in [0.25, 0.3) is 5.91 Å². The second-order valence-electron chi connectivity index (χ2n) is 10.4. The van der Waals surface area contributed by atoms with Crippen molar-refractivity contribution in [1.29, 1.82) is 0 Å². The summed E-state index contributed by atoms with van der Waals surface area (Å²) in [5, 5.41) is 0.0944. The van der Waals surface area contributed by atoms with E-state index in [-0.39, 0.29) is 69.4 Å². The van der Waals surface area contributed by atoms with Gasteiger partial charge in [-0.15, -0.1) is 0 Å². The van der Waals surface area contributed by atoms with Crippen LogP contribution in [0.15, 0.2) is 24.8 Å². The molecular weight excluding hydrogens is 548 g/mol. The van der Waals surface area contributed by atoms with Crippen LogP contribution in [0, 0.1) is 5.82 Å². The molecule has 5 rings (SSSR count). The van der Waals surface area contributed by atoms with Crippen LogP contribution in [0.4, 0.5) is 15.9 Å². The normalized spacial score (nSPS) is 22.2. The van der Waals surface area contributed by atoms with E-state index in [2.05, 4.69) is 6.58 Å². The maximum absolute atomic E-state index is 15.2. The second-order valence-corrected chi connectivity index (χ2v) is 11.2. The summed E-state index contributed by atoms with van der Waals surface area (Å²) >= 11 is 13.1. The van der Waals surface area contributed by atoms with Crippen LogP contribution in [0.1, 0.15) is 30.6 Å². The lowest BCUT2D eigenvalue weighted by molar-refractivity contribution is -0.128. The Morgan fingerprint density at radius 3 is 2.69 bits per heavy atom. The first kappa shape index (κ1) is 27.5. The molecule has 2 amide bonds. The number of anilines is 2. The first-order valence-electron chi connectivity index (χ1n) is 12.6. The largest absolute Gasteiger partial charge is 0.489 e. The fourth-order valence-electron chi connectivity index (χ4n) is 5.79. The molecule has 0 radical (unpaired) electrons. The summed E-state index contributed by atoms with van der Waals surface area (Å²) in [6.07, 6.45) is 1.79. The lowest BCUT2D eigenvalue weighted by atomic mass is 9.97. The fraction of sp³-hybridized carbons (Fsp3) is 0.444. The number of hydrogen-bond donors (Lipinski definition) is 1. The molecule has 2 saturated heterocycles. The summed E-state index contributed by atoms with van der Waals surface area (Å²) in [5.74, 6) is -0.826. The highest BCUT2D eigenvalue weighted by molar-refractivity contribution is 6.37. The minimum absolute atomic E-state index is 0.0238. The molecular formula is C27H30Cl2FN5O4. The van der Waals surface area contributed by atoms with Crippen LogP contribution in [0.3, 0.4) is 0 Å². The number of nitrogens with zero attached hydrogens (tertiary/aromatic N) is 4. The average Bonchev–Trinajstić information content (AvgIpc) is 3.14. The first-order valence-corrected chi connectivity index (χ1v) is 13.4. The Hall–Kier alpha value is -3.08. The van der Waals surface area contributed by atoms with Gasteiger partial charge in [-0.3, -0.25) is 9.59 Å². The number of nitrogen functional groups attached to an aromatic ring is 1. The van der Waals surface area contributed by atoms with E-state index in [0.29, 0.717) is 31.9 Å². The SMILES string of the molecule is C=CC(=O)N1CCN2C(=O)c3c(N4CCC(OC)C4(C)C)nc(-c4c(F)ccc(Cl)c4N)c(Cl)c3OC[C@H]2C1. The van der Waals surface area contributed by atoms with Crippen molar-refractivity contribution in [3.63, 3.8) is 0 Å². The summed E-state index contributed by atoms with van der Waals surface area (Å²) in [4.78, 5) is 36.6. The third kappa shape index (κ3) is 4.38. The minimum atomic E-state index is -0.663. The lowest BCUT2D eigenvalue weighted by Crippen LogP contribution is -2.57. The predicted molar refractivity (Wildman–Crippen MR) is 148 cm³/mol. The zero-order chi connectivity index (χ0) is 28.2. The highest BCUT2D eigenvalue weighted by Crippen LogP contribution is 2.48. The van der Waals surface area contributed by atoms with Crippen LogP contribution in [-0.4, -0.2) is 84.2 Å². The van der Waals surface area contributed by atoms with Gasteiger partial charge in [0.1, 0.15) is 34.5 Å². The van der Waals surface area contributed by atoms with E-state index in [4.69, 9.17) is 43.4 Å². The molecule has 39 heavy (non-hydrogen) atoms. The van der Waals surface area contributed by atoms with Crippen molar-refractivity contribution in [1.82, 2.24) is 14.8 Å². The summed E-state index contributed by atoms with van der Waals surface area (Å²) in [5.41, 5.74) is 5.74. The summed E-state index contributed by atoms with van der Waals surface area (Å²) in [6, 6.07) is 2.12. The number of ether oxygens (including phenoxy) is 2. The topological polar surface area (TPSA) is 101 Å². The van der Waals surface area contributed by atoms with Gasteiger partial charge < -0.3 is 29.9 Å². The van der Waals surface area contributed by atoms with Crippen LogP contribution >= 0.6 is 23.2 Å². The quantitative estimate of drug-likeness (QED) is 0.432. The molecule has 2 atom stereocenters. The molecule has 3 aliphatic heterocycles. The van der Waals surface area contributed by atoms with Gasteiger partial charge >= 0.3 is 0 Å². The summed E-state index contributed by atoms with van der Waals surface area (Å²) < 4.78 is 27.2. The van der Waals surface area contributed by atoms with E-state index >= 15 is 4.39 Å². The van der Waals surface area contributed by atoms with Crippen molar-refractivity contribution in [2.24, 2.45) is 0 Å². The Morgan fingerprint density at radius 1 is 1.28 bits per heavy atom. The average molecular weight is 578 g/mol. The summed E-state index contributed by atoms with van der Waals surface area (Å²) in [7, 11) is 1.64. The number of benzene rings is 1. The number of carbonyl (C=O) groups is 2. The molecule has 12 heteroatoms. The zero-order valence-corrected chi connectivity index (χ0v) is 23.5. The van der Waals surface area contributed by atoms with Crippen LogP contribution in [-0.2, 0) is 9.53 Å². The summed E-state index contributed by atoms with van der Waals surface area (Å²) in [6.45, 7) is 9.07. The monoisotopic (exact) mass is 577 g/mol. The van der Waals surface area contributed by atoms with Crippen molar-refractivity contribution in [3.8, 4) is 17.0 Å². The number of halogens is 3. The van der Waals surface area contributed by atoms with Gasteiger partial charge in [-0.2, -0.15) is 0 Å². The molecule has 4 heterocycles. The van der Waals surface area contributed by atoms with E-state index in [1.807, 2.05) is 18.7 Å². The van der Waals surface area contributed by atoms with Gasteiger partial charge in [-0.25, -0.2) is 9.37 Å². The van der Waals surface area contributed by atoms with Gasteiger partial charge in [-0.05, 0) is 38.5 Å². The molecule has 1 unspecified atom stereocenters. The molecule has 0 saturated carbocycles. The number of nitrogens with two attached hydrogens (primary N) is 1. The van der Waals surface area contributed by atoms with E-state index in [1.54, 1.807) is 16.9 Å². The number of carbonyl (C=O) groups excluding carboxylic acids is 2. The number of hydrogen-bond acceptors (Lipinski definition) is 7. The standard InChI is InChI=1S/C27H30Cl2FN5O4/c1-5-18(36)33-10-11-34-14(12-33)13-39-24-20(26(34)37)25(35-9-8-17(38-4)27(35,2)3)32-23(21(24)29)19-16(30)7-6-15(28)22(19)31/h5-7,14,17H,1,8-13,31H2,2-4H3/t14-,17?/m1/s1. The number of fused-ring (bicyclic) bond motifs is 2. The van der Waals surface area contributed by atoms with E-state index in [0.717, 1.165) is 0 Å². The van der Waals surface area contributed by atoms with Gasteiger partial charge in [0, 0.05) is 33.3 Å².